The Labute approximate surface area is 276 Å². The maximum absolute atomic E-state index is 14.2. The zero-order valence-corrected chi connectivity index (χ0v) is 28.0. The third-order valence-electron chi connectivity index (χ3n) is 7.17. The molecule has 3 aromatic carbocycles. The molecule has 45 heavy (non-hydrogen) atoms. The van der Waals surface area contributed by atoms with Crippen molar-refractivity contribution in [2.75, 3.05) is 10.8 Å². The van der Waals surface area contributed by atoms with Gasteiger partial charge in [-0.25, -0.2) is 8.42 Å². The number of nitrogens with one attached hydrogen (secondary N) is 1. The minimum Gasteiger partial charge on any atom is -0.352 e. The van der Waals surface area contributed by atoms with Crippen LogP contribution in [0.3, 0.4) is 0 Å². The summed E-state index contributed by atoms with van der Waals surface area (Å²) >= 11 is 18.3. The summed E-state index contributed by atoms with van der Waals surface area (Å²) in [4.78, 5) is 28.5. The fourth-order valence-electron chi connectivity index (χ4n) is 4.45. The maximum Gasteiger partial charge on any atom is 0.417 e. The lowest BCUT2D eigenvalue weighted by Gasteiger charge is -2.34. The summed E-state index contributed by atoms with van der Waals surface area (Å²) in [6, 6.07) is 11.5. The van der Waals surface area contributed by atoms with E-state index in [2.05, 4.69) is 5.32 Å². The van der Waals surface area contributed by atoms with E-state index in [1.807, 2.05) is 6.92 Å². The van der Waals surface area contributed by atoms with Crippen LogP contribution in [0.2, 0.25) is 15.1 Å². The van der Waals surface area contributed by atoms with Gasteiger partial charge in [-0.15, -0.1) is 0 Å². The summed E-state index contributed by atoms with van der Waals surface area (Å²) in [7, 11) is -4.61. The minimum absolute atomic E-state index is 0.142. The van der Waals surface area contributed by atoms with Gasteiger partial charge in [-0.1, -0.05) is 72.4 Å². The van der Waals surface area contributed by atoms with Crippen molar-refractivity contribution < 1.29 is 31.2 Å². The lowest BCUT2D eigenvalue weighted by Crippen LogP contribution is -2.53. The number of hydrogen-bond acceptors (Lipinski definition) is 4. The molecule has 0 heterocycles. The van der Waals surface area contributed by atoms with Crippen LogP contribution in [0.1, 0.15) is 50.3 Å². The second-order valence-corrected chi connectivity index (χ2v) is 13.6. The van der Waals surface area contributed by atoms with Gasteiger partial charge >= 0.3 is 6.18 Å². The summed E-state index contributed by atoms with van der Waals surface area (Å²) in [5.41, 5.74) is -0.556. The largest absolute Gasteiger partial charge is 0.417 e. The third kappa shape index (κ3) is 9.06. The minimum atomic E-state index is -4.91. The number of alkyl halides is 3. The van der Waals surface area contributed by atoms with Gasteiger partial charge in [0.2, 0.25) is 11.8 Å². The predicted molar refractivity (Wildman–Crippen MR) is 171 cm³/mol. The number of carbonyl (C=O) groups is 2. The Bertz CT molecular complexity index is 1640. The van der Waals surface area contributed by atoms with Gasteiger partial charge < -0.3 is 10.2 Å². The van der Waals surface area contributed by atoms with E-state index in [0.29, 0.717) is 27.4 Å². The number of aryl methyl sites for hydroxylation is 1. The molecular weight excluding hydrogens is 674 g/mol. The topological polar surface area (TPSA) is 86.8 Å². The smallest absolute Gasteiger partial charge is 0.352 e. The highest BCUT2D eigenvalue weighted by atomic mass is 35.5. The van der Waals surface area contributed by atoms with Crippen molar-refractivity contribution in [3.05, 3.63) is 92.4 Å². The van der Waals surface area contributed by atoms with Crippen LogP contribution in [0.4, 0.5) is 18.9 Å². The monoisotopic (exact) mass is 705 g/mol. The molecule has 0 spiro atoms. The lowest BCUT2D eigenvalue weighted by atomic mass is 10.1. The Kier molecular flexibility index (Phi) is 12.2. The van der Waals surface area contributed by atoms with Crippen LogP contribution in [-0.4, -0.2) is 43.8 Å². The van der Waals surface area contributed by atoms with E-state index in [1.54, 1.807) is 32.9 Å². The molecule has 0 radical (unpaired) electrons. The second-order valence-electron chi connectivity index (χ2n) is 10.5. The van der Waals surface area contributed by atoms with Gasteiger partial charge in [0.15, 0.2) is 0 Å². The maximum atomic E-state index is 14.2. The predicted octanol–water partition coefficient (Wildman–Crippen LogP) is 7.89. The van der Waals surface area contributed by atoms with E-state index in [4.69, 9.17) is 34.8 Å². The van der Waals surface area contributed by atoms with E-state index >= 15 is 0 Å². The van der Waals surface area contributed by atoms with Crippen molar-refractivity contribution in [3.8, 4) is 0 Å². The molecule has 3 aromatic rings. The molecule has 0 aliphatic carbocycles. The SMILES string of the molecule is CC[C@@H](C)NC(=O)[C@H](CC)N(Cc1ccc(Cl)cc1Cl)C(=O)CN(c1ccc(Cl)c(C(F)(F)F)c1)S(=O)(=O)c1ccc(C)cc1. The molecular formula is C31H33Cl3F3N3O4S. The molecule has 0 unspecified atom stereocenters. The van der Waals surface area contributed by atoms with Crippen molar-refractivity contribution in [2.45, 2.75) is 70.2 Å². The van der Waals surface area contributed by atoms with E-state index < -0.39 is 56.9 Å². The summed E-state index contributed by atoms with van der Waals surface area (Å²) in [6.45, 7) is 5.93. The zero-order chi connectivity index (χ0) is 33.7. The van der Waals surface area contributed by atoms with Crippen LogP contribution in [0.15, 0.2) is 65.6 Å². The Morgan fingerprint density at radius 1 is 0.911 bits per heavy atom. The van der Waals surface area contributed by atoms with E-state index in [0.717, 1.165) is 17.7 Å². The number of hydrogen-bond donors (Lipinski definition) is 1. The summed E-state index contributed by atoms with van der Waals surface area (Å²) in [5, 5.41) is 2.74. The highest BCUT2D eigenvalue weighted by molar-refractivity contribution is 7.92. The van der Waals surface area contributed by atoms with Crippen molar-refractivity contribution in [1.82, 2.24) is 10.2 Å². The number of benzene rings is 3. The molecule has 0 saturated carbocycles. The lowest BCUT2D eigenvalue weighted by molar-refractivity contribution is -0.140. The van der Waals surface area contributed by atoms with Gasteiger partial charge in [0.1, 0.15) is 12.6 Å². The van der Waals surface area contributed by atoms with E-state index in [9.17, 15) is 31.2 Å². The van der Waals surface area contributed by atoms with Gasteiger partial charge in [0.25, 0.3) is 10.0 Å². The fraction of sp³-hybridized carbons (Fsp3) is 0.355. The molecule has 0 aliphatic heterocycles. The van der Waals surface area contributed by atoms with Crippen molar-refractivity contribution >= 4 is 62.3 Å². The summed E-state index contributed by atoms with van der Waals surface area (Å²) in [6.07, 6.45) is -4.15. The van der Waals surface area contributed by atoms with Crippen LogP contribution < -0.4 is 9.62 Å². The first-order valence-corrected chi connectivity index (χ1v) is 16.6. The number of rotatable bonds is 12. The number of anilines is 1. The van der Waals surface area contributed by atoms with Crippen LogP contribution in [0.25, 0.3) is 0 Å². The van der Waals surface area contributed by atoms with Crippen molar-refractivity contribution in [1.29, 1.82) is 0 Å². The third-order valence-corrected chi connectivity index (χ3v) is 9.88. The van der Waals surface area contributed by atoms with Gasteiger partial charge in [0, 0.05) is 22.6 Å². The molecule has 1 N–H and O–H groups in total. The molecule has 2 atom stereocenters. The van der Waals surface area contributed by atoms with Crippen LogP contribution in [0, 0.1) is 6.92 Å². The molecule has 0 aromatic heterocycles. The number of nitrogens with zero attached hydrogens (tertiary/aromatic N) is 2. The average molecular weight is 707 g/mol. The molecule has 0 fully saturated rings. The fourth-order valence-corrected chi connectivity index (χ4v) is 6.54. The van der Waals surface area contributed by atoms with Crippen LogP contribution in [0.5, 0.6) is 0 Å². The van der Waals surface area contributed by atoms with Gasteiger partial charge in [0.05, 0.1) is 21.2 Å². The van der Waals surface area contributed by atoms with Crippen LogP contribution >= 0.6 is 34.8 Å². The normalized spacial score (nSPS) is 13.2. The first-order chi connectivity index (χ1) is 21.0. The number of halogens is 6. The number of carbonyl (C=O) groups excluding carboxylic acids is 2. The zero-order valence-electron chi connectivity index (χ0n) is 25.0. The Hall–Kier alpha value is -2.99. The molecule has 244 valence electrons. The number of sulfonamides is 1. The summed E-state index contributed by atoms with van der Waals surface area (Å²) < 4.78 is 70.1. The van der Waals surface area contributed by atoms with Crippen molar-refractivity contribution in [3.63, 3.8) is 0 Å². The van der Waals surface area contributed by atoms with Crippen molar-refractivity contribution in [2.24, 2.45) is 0 Å². The molecule has 2 amide bonds. The summed E-state index contributed by atoms with van der Waals surface area (Å²) in [5.74, 6) is -1.34. The standard InChI is InChI=1S/C31H33Cl3F3N3O4S/c1-5-20(4)38-30(42)28(6-2)39(17-21-9-10-22(32)15-27(21)34)29(41)18-40(45(43,44)24-12-7-19(3)8-13-24)23-11-14-26(33)25(16-23)31(35,36)37/h7-16,20,28H,5-6,17-18H2,1-4H3,(H,38,42)/t20-,28+/m1/s1. The number of amides is 2. The van der Waals surface area contributed by atoms with E-state index in [1.165, 1.54) is 35.2 Å². The molecule has 0 saturated heterocycles. The van der Waals surface area contributed by atoms with Gasteiger partial charge in [-0.05, 0) is 74.7 Å². The molecule has 3 rings (SSSR count). The van der Waals surface area contributed by atoms with E-state index in [-0.39, 0.29) is 28.9 Å². The highest BCUT2D eigenvalue weighted by Gasteiger charge is 2.37. The Morgan fingerprint density at radius 2 is 1.56 bits per heavy atom. The molecule has 0 aliphatic rings. The first kappa shape index (κ1) is 36.5. The Balaban J connectivity index is 2.17. The Morgan fingerprint density at radius 3 is 2.11 bits per heavy atom. The molecule has 14 heteroatoms. The first-order valence-electron chi connectivity index (χ1n) is 14.0. The average Bonchev–Trinajstić information content (AvgIpc) is 2.96. The van der Waals surface area contributed by atoms with Crippen LogP contribution in [-0.2, 0) is 32.3 Å². The molecule has 7 nitrogen and oxygen atoms in total. The second kappa shape index (κ2) is 15.1. The highest BCUT2D eigenvalue weighted by Crippen LogP contribution is 2.38. The van der Waals surface area contributed by atoms with Gasteiger partial charge in [-0.2, -0.15) is 13.2 Å². The van der Waals surface area contributed by atoms with Gasteiger partial charge in [-0.3, -0.25) is 13.9 Å². The molecule has 0 bridgehead atoms. The quantitative estimate of drug-likeness (QED) is 0.208.